The third kappa shape index (κ3) is 3.29. The number of carbonyl (C=O) groups is 1. The van der Waals surface area contributed by atoms with Crippen LogP contribution in [0.3, 0.4) is 0 Å². The molecule has 0 atom stereocenters. The molecule has 1 fully saturated rings. The van der Waals surface area contributed by atoms with Gasteiger partial charge in [-0.15, -0.1) is 0 Å². The number of amides is 1. The zero-order chi connectivity index (χ0) is 10.6. The Morgan fingerprint density at radius 2 is 1.93 bits per heavy atom. The third-order valence-corrected chi connectivity index (χ3v) is 3.28. The molecule has 1 aliphatic carbocycles. The first-order chi connectivity index (χ1) is 6.63. The van der Waals surface area contributed by atoms with Gasteiger partial charge >= 0.3 is 0 Å². The minimum absolute atomic E-state index is 0.117. The van der Waals surface area contributed by atoms with E-state index in [0.29, 0.717) is 12.6 Å². The first-order valence-electron chi connectivity index (χ1n) is 5.54. The molecule has 82 valence electrons. The smallest absolute Gasteiger partial charge is 0.233 e. The molecule has 1 N–H and O–H groups in total. The Balaban J connectivity index is 2.30. The standard InChI is InChI=1S/C11H22N2O/c1-9-4-6-10(7-5-9)13(3)8-11(14)12-2/h9-10H,4-8H2,1-3H3,(H,12,14)/t9-,10-. The van der Waals surface area contributed by atoms with Crippen LogP contribution in [-0.2, 0) is 4.79 Å². The summed E-state index contributed by atoms with van der Waals surface area (Å²) in [5.74, 6) is 0.991. The molecule has 14 heavy (non-hydrogen) atoms. The van der Waals surface area contributed by atoms with Crippen LogP contribution in [-0.4, -0.2) is 37.5 Å². The number of nitrogens with zero attached hydrogens (tertiary/aromatic N) is 1. The Kier molecular flexibility index (Phi) is 4.39. The zero-order valence-electron chi connectivity index (χ0n) is 9.55. The van der Waals surface area contributed by atoms with Crippen molar-refractivity contribution in [2.24, 2.45) is 5.92 Å². The molecule has 0 bridgehead atoms. The van der Waals surface area contributed by atoms with E-state index in [9.17, 15) is 4.79 Å². The van der Waals surface area contributed by atoms with Gasteiger partial charge in [0.05, 0.1) is 6.54 Å². The van der Waals surface area contributed by atoms with Crippen LogP contribution in [0.2, 0.25) is 0 Å². The molecule has 0 aromatic rings. The quantitative estimate of drug-likeness (QED) is 0.740. The molecule has 1 aliphatic rings. The van der Waals surface area contributed by atoms with Crippen molar-refractivity contribution in [3.8, 4) is 0 Å². The fourth-order valence-corrected chi connectivity index (χ4v) is 2.12. The van der Waals surface area contributed by atoms with E-state index in [1.807, 2.05) is 0 Å². The lowest BCUT2D eigenvalue weighted by Crippen LogP contribution is -2.41. The van der Waals surface area contributed by atoms with Crippen molar-refractivity contribution < 1.29 is 4.79 Å². The number of likely N-dealkylation sites (N-methyl/N-ethyl adjacent to an activating group) is 2. The summed E-state index contributed by atoms with van der Waals surface area (Å²) in [6, 6.07) is 0.614. The van der Waals surface area contributed by atoms with Gasteiger partial charge in [0, 0.05) is 13.1 Å². The summed E-state index contributed by atoms with van der Waals surface area (Å²) in [7, 11) is 3.75. The lowest BCUT2D eigenvalue weighted by molar-refractivity contribution is -0.122. The average molecular weight is 198 g/mol. The predicted octanol–water partition coefficient (Wildman–Crippen LogP) is 1.24. The van der Waals surface area contributed by atoms with E-state index in [1.54, 1.807) is 7.05 Å². The molecule has 0 radical (unpaired) electrons. The predicted molar refractivity (Wildman–Crippen MR) is 58.1 cm³/mol. The second-order valence-corrected chi connectivity index (χ2v) is 4.50. The van der Waals surface area contributed by atoms with Crippen LogP contribution in [0.25, 0.3) is 0 Å². The Hall–Kier alpha value is -0.570. The van der Waals surface area contributed by atoms with Gasteiger partial charge in [0.25, 0.3) is 0 Å². The van der Waals surface area contributed by atoms with Crippen molar-refractivity contribution in [2.45, 2.75) is 38.6 Å². The summed E-state index contributed by atoms with van der Waals surface area (Å²) in [6.45, 7) is 2.85. The SMILES string of the molecule is CNC(=O)CN(C)[C@H]1CC[C@H](C)CC1. The van der Waals surface area contributed by atoms with E-state index < -0.39 is 0 Å². The van der Waals surface area contributed by atoms with Crippen LogP contribution in [0.1, 0.15) is 32.6 Å². The van der Waals surface area contributed by atoms with Gasteiger partial charge in [-0.05, 0) is 38.6 Å². The summed E-state index contributed by atoms with van der Waals surface area (Å²) in [6.07, 6.45) is 5.11. The van der Waals surface area contributed by atoms with Gasteiger partial charge in [0.2, 0.25) is 5.91 Å². The second-order valence-electron chi connectivity index (χ2n) is 4.50. The molecular formula is C11H22N2O. The fourth-order valence-electron chi connectivity index (χ4n) is 2.12. The molecule has 0 aromatic heterocycles. The van der Waals surface area contributed by atoms with Crippen LogP contribution in [0.4, 0.5) is 0 Å². The fraction of sp³-hybridized carbons (Fsp3) is 0.909. The van der Waals surface area contributed by atoms with Crippen molar-refractivity contribution in [3.63, 3.8) is 0 Å². The van der Waals surface area contributed by atoms with Gasteiger partial charge in [-0.1, -0.05) is 6.92 Å². The van der Waals surface area contributed by atoms with E-state index in [-0.39, 0.29) is 5.91 Å². The van der Waals surface area contributed by atoms with Gasteiger partial charge in [-0.3, -0.25) is 9.69 Å². The Morgan fingerprint density at radius 1 is 1.36 bits per heavy atom. The van der Waals surface area contributed by atoms with Crippen LogP contribution in [0, 0.1) is 5.92 Å². The van der Waals surface area contributed by atoms with E-state index in [1.165, 1.54) is 25.7 Å². The summed E-state index contributed by atoms with van der Waals surface area (Å²) in [4.78, 5) is 13.4. The van der Waals surface area contributed by atoms with E-state index >= 15 is 0 Å². The highest BCUT2D eigenvalue weighted by atomic mass is 16.1. The molecule has 3 nitrogen and oxygen atoms in total. The number of rotatable bonds is 3. The number of carbonyl (C=O) groups excluding carboxylic acids is 1. The summed E-state index contributed by atoms with van der Waals surface area (Å²) < 4.78 is 0. The minimum atomic E-state index is 0.117. The van der Waals surface area contributed by atoms with Gasteiger partial charge in [0.1, 0.15) is 0 Å². The van der Waals surface area contributed by atoms with E-state index in [4.69, 9.17) is 0 Å². The highest BCUT2D eigenvalue weighted by Crippen LogP contribution is 2.26. The van der Waals surface area contributed by atoms with Gasteiger partial charge < -0.3 is 5.32 Å². The highest BCUT2D eigenvalue weighted by Gasteiger charge is 2.22. The Labute approximate surface area is 86.9 Å². The number of hydrogen-bond donors (Lipinski definition) is 1. The molecule has 0 aliphatic heterocycles. The summed E-state index contributed by atoms with van der Waals surface area (Å²) in [5, 5.41) is 2.66. The Bertz CT molecular complexity index is 186. The molecular weight excluding hydrogens is 176 g/mol. The van der Waals surface area contributed by atoms with E-state index in [2.05, 4.69) is 24.2 Å². The maximum atomic E-state index is 11.2. The first-order valence-corrected chi connectivity index (χ1v) is 5.54. The lowest BCUT2D eigenvalue weighted by atomic mass is 9.87. The van der Waals surface area contributed by atoms with Gasteiger partial charge in [-0.25, -0.2) is 0 Å². The molecule has 0 unspecified atom stereocenters. The monoisotopic (exact) mass is 198 g/mol. The molecule has 1 amide bonds. The number of nitrogens with one attached hydrogen (secondary N) is 1. The van der Waals surface area contributed by atoms with Crippen LogP contribution in [0.15, 0.2) is 0 Å². The maximum Gasteiger partial charge on any atom is 0.233 e. The van der Waals surface area contributed by atoms with Crippen molar-refractivity contribution in [2.75, 3.05) is 20.6 Å². The lowest BCUT2D eigenvalue weighted by Gasteiger charge is -2.33. The van der Waals surface area contributed by atoms with Gasteiger partial charge in [0.15, 0.2) is 0 Å². The zero-order valence-corrected chi connectivity index (χ0v) is 9.55. The highest BCUT2D eigenvalue weighted by molar-refractivity contribution is 5.77. The molecule has 1 rings (SSSR count). The maximum absolute atomic E-state index is 11.2. The molecule has 3 heteroatoms. The van der Waals surface area contributed by atoms with Crippen molar-refractivity contribution in [1.29, 1.82) is 0 Å². The van der Waals surface area contributed by atoms with E-state index in [0.717, 1.165) is 5.92 Å². The van der Waals surface area contributed by atoms with Gasteiger partial charge in [-0.2, -0.15) is 0 Å². The normalized spacial score (nSPS) is 27.7. The molecule has 0 spiro atoms. The van der Waals surface area contributed by atoms with Crippen molar-refractivity contribution >= 4 is 5.91 Å². The average Bonchev–Trinajstić information content (AvgIpc) is 2.18. The summed E-state index contributed by atoms with van der Waals surface area (Å²) >= 11 is 0. The summed E-state index contributed by atoms with van der Waals surface area (Å²) in [5.41, 5.74) is 0. The molecule has 0 saturated heterocycles. The third-order valence-electron chi connectivity index (χ3n) is 3.28. The topological polar surface area (TPSA) is 32.3 Å². The minimum Gasteiger partial charge on any atom is -0.358 e. The van der Waals surface area contributed by atoms with Crippen molar-refractivity contribution in [3.05, 3.63) is 0 Å². The second kappa shape index (κ2) is 5.35. The molecule has 1 saturated carbocycles. The van der Waals surface area contributed by atoms with Crippen molar-refractivity contribution in [1.82, 2.24) is 10.2 Å². The van der Waals surface area contributed by atoms with Crippen LogP contribution >= 0.6 is 0 Å². The van der Waals surface area contributed by atoms with Crippen LogP contribution < -0.4 is 5.32 Å². The molecule has 0 aromatic carbocycles. The first kappa shape index (κ1) is 11.5. The molecule has 0 heterocycles. The largest absolute Gasteiger partial charge is 0.358 e. The number of hydrogen-bond acceptors (Lipinski definition) is 2. The Morgan fingerprint density at radius 3 is 2.43 bits per heavy atom. The van der Waals surface area contributed by atoms with Crippen LogP contribution in [0.5, 0.6) is 0 Å².